The highest BCUT2D eigenvalue weighted by Crippen LogP contribution is 2.31. The second kappa shape index (κ2) is 8.13. The molecule has 0 aliphatic heterocycles. The van der Waals surface area contributed by atoms with E-state index in [1.807, 2.05) is 42.5 Å². The first kappa shape index (κ1) is 20.3. The standard InChI is InChI=1S/C12H9ClN.C6H5F3N2O2/c13-10-7-5-9(6-8-10)11-3-1-2-4-12(11)14;1-11-2-3(5(12)13)4(10-11)6(7,8)9/h1-8,14H;2H,1H3,(H,12,13)/q-1;. The van der Waals surface area contributed by atoms with E-state index in [-0.39, 0.29) is 0 Å². The van der Waals surface area contributed by atoms with Gasteiger partial charge in [0.25, 0.3) is 0 Å². The van der Waals surface area contributed by atoms with Crippen molar-refractivity contribution >= 4 is 23.3 Å². The Hall–Kier alpha value is -3.00. The molecule has 0 radical (unpaired) electrons. The molecule has 0 saturated heterocycles. The Morgan fingerprint density at radius 1 is 1.15 bits per heavy atom. The van der Waals surface area contributed by atoms with Crippen molar-refractivity contribution in [2.75, 3.05) is 0 Å². The summed E-state index contributed by atoms with van der Waals surface area (Å²) in [4.78, 5) is 10.3. The van der Waals surface area contributed by atoms with Crippen LogP contribution in [0.2, 0.25) is 5.02 Å². The summed E-state index contributed by atoms with van der Waals surface area (Å²) in [7, 11) is 1.22. The van der Waals surface area contributed by atoms with Gasteiger partial charge in [0.15, 0.2) is 5.69 Å². The van der Waals surface area contributed by atoms with Crippen LogP contribution in [0.5, 0.6) is 0 Å². The molecule has 0 unspecified atom stereocenters. The van der Waals surface area contributed by atoms with E-state index >= 15 is 0 Å². The van der Waals surface area contributed by atoms with Crippen LogP contribution in [0.3, 0.4) is 0 Å². The fraction of sp³-hybridized carbons (Fsp3) is 0.111. The van der Waals surface area contributed by atoms with Crippen LogP contribution in [0.1, 0.15) is 16.1 Å². The highest BCUT2D eigenvalue weighted by Gasteiger charge is 2.38. The number of aromatic carboxylic acids is 1. The Bertz CT molecular complexity index is 938. The third-order valence-electron chi connectivity index (χ3n) is 3.41. The summed E-state index contributed by atoms with van der Waals surface area (Å²) in [5.74, 6) is -1.64. The third-order valence-corrected chi connectivity index (χ3v) is 3.66. The van der Waals surface area contributed by atoms with Crippen LogP contribution >= 0.6 is 11.6 Å². The molecular weight excluding hydrogens is 383 g/mol. The molecule has 1 aromatic heterocycles. The maximum atomic E-state index is 12.1. The van der Waals surface area contributed by atoms with Gasteiger partial charge in [0, 0.05) is 18.3 Å². The minimum absolute atomic E-state index is 0.537. The van der Waals surface area contributed by atoms with Gasteiger partial charge >= 0.3 is 12.1 Å². The molecular formula is C18H14ClF3N3O2-. The summed E-state index contributed by atoms with van der Waals surface area (Å²) in [6.07, 6.45) is -3.92. The van der Waals surface area contributed by atoms with Gasteiger partial charge in [-0.3, -0.25) is 4.68 Å². The lowest BCUT2D eigenvalue weighted by Crippen LogP contribution is -2.12. The fourth-order valence-electron chi connectivity index (χ4n) is 2.22. The van der Waals surface area contributed by atoms with Gasteiger partial charge in [-0.1, -0.05) is 48.0 Å². The van der Waals surface area contributed by atoms with Gasteiger partial charge in [-0.15, -0.1) is 5.69 Å². The van der Waals surface area contributed by atoms with Crippen molar-refractivity contribution in [3.05, 3.63) is 76.7 Å². The van der Waals surface area contributed by atoms with Crippen LogP contribution in [0, 0.1) is 0 Å². The van der Waals surface area contributed by atoms with E-state index in [4.69, 9.17) is 22.4 Å². The predicted molar refractivity (Wildman–Crippen MR) is 96.0 cm³/mol. The van der Waals surface area contributed by atoms with Crippen LogP contribution < -0.4 is 0 Å². The molecule has 3 aromatic rings. The lowest BCUT2D eigenvalue weighted by Gasteiger charge is -2.11. The molecule has 3 rings (SSSR count). The minimum Gasteiger partial charge on any atom is -0.698 e. The molecule has 0 aliphatic carbocycles. The smallest absolute Gasteiger partial charge is 0.436 e. The average Bonchev–Trinajstić information content (AvgIpc) is 3.00. The van der Waals surface area contributed by atoms with Crippen LogP contribution in [0.4, 0.5) is 18.9 Å². The summed E-state index contributed by atoms with van der Waals surface area (Å²) < 4.78 is 37.1. The SMILES string of the molecule is Cn1cc(C(=O)O)c(C(F)(F)F)n1.[NH-]c1ccccc1-c1ccc(Cl)cc1. The van der Waals surface area contributed by atoms with E-state index in [0.717, 1.165) is 27.0 Å². The number of benzene rings is 2. The van der Waals surface area contributed by atoms with Crippen molar-refractivity contribution in [1.82, 2.24) is 9.78 Å². The largest absolute Gasteiger partial charge is 0.698 e. The highest BCUT2D eigenvalue weighted by atomic mass is 35.5. The van der Waals surface area contributed by atoms with Crippen LogP contribution in [0.25, 0.3) is 16.9 Å². The zero-order valence-corrected chi connectivity index (χ0v) is 14.7. The Balaban J connectivity index is 0.000000194. The molecule has 0 aliphatic rings. The summed E-state index contributed by atoms with van der Waals surface area (Å²) >= 11 is 5.79. The minimum atomic E-state index is -4.73. The van der Waals surface area contributed by atoms with Gasteiger partial charge in [-0.05, 0) is 23.3 Å². The lowest BCUT2D eigenvalue weighted by molar-refractivity contribution is -0.141. The van der Waals surface area contributed by atoms with E-state index in [2.05, 4.69) is 5.10 Å². The molecule has 142 valence electrons. The Kier molecular flexibility index (Phi) is 6.12. The number of carboxylic acids is 1. The Morgan fingerprint density at radius 2 is 1.74 bits per heavy atom. The number of alkyl halides is 3. The quantitative estimate of drug-likeness (QED) is 0.592. The van der Waals surface area contributed by atoms with Gasteiger partial charge in [0.1, 0.15) is 5.56 Å². The van der Waals surface area contributed by atoms with E-state index in [1.165, 1.54) is 7.05 Å². The van der Waals surface area contributed by atoms with Gasteiger partial charge in [-0.2, -0.15) is 18.3 Å². The lowest BCUT2D eigenvalue weighted by atomic mass is 10.0. The van der Waals surface area contributed by atoms with Gasteiger partial charge in [-0.25, -0.2) is 4.79 Å². The van der Waals surface area contributed by atoms with Gasteiger partial charge in [0.2, 0.25) is 0 Å². The second-order valence-corrected chi connectivity index (χ2v) is 5.86. The van der Waals surface area contributed by atoms with E-state index in [0.29, 0.717) is 5.69 Å². The monoisotopic (exact) mass is 396 g/mol. The molecule has 0 spiro atoms. The first-order valence-electron chi connectivity index (χ1n) is 7.50. The number of aromatic nitrogens is 2. The maximum absolute atomic E-state index is 12.1. The summed E-state index contributed by atoms with van der Waals surface area (Å²) in [5, 5.41) is 12.1. The highest BCUT2D eigenvalue weighted by molar-refractivity contribution is 6.30. The van der Waals surface area contributed by atoms with Crippen LogP contribution in [-0.2, 0) is 13.2 Å². The summed E-state index contributed by atoms with van der Waals surface area (Å²) in [5.41, 5.74) is 8.02. The Morgan fingerprint density at radius 3 is 2.22 bits per heavy atom. The number of nitrogens with one attached hydrogen (secondary N) is 1. The summed E-state index contributed by atoms with van der Waals surface area (Å²) in [6, 6.07) is 15.0. The van der Waals surface area contributed by atoms with Crippen LogP contribution in [-0.4, -0.2) is 20.9 Å². The van der Waals surface area contributed by atoms with E-state index < -0.39 is 23.4 Å². The van der Waals surface area contributed by atoms with Crippen molar-refractivity contribution in [2.24, 2.45) is 7.05 Å². The number of halogens is 4. The van der Waals surface area contributed by atoms with Crippen molar-refractivity contribution in [3.63, 3.8) is 0 Å². The number of carbonyl (C=O) groups is 1. The molecule has 1 heterocycles. The molecule has 5 nitrogen and oxygen atoms in total. The average molecular weight is 397 g/mol. The Labute approximate surface area is 157 Å². The molecule has 0 bridgehead atoms. The van der Waals surface area contributed by atoms with Gasteiger partial charge in [0.05, 0.1) is 0 Å². The molecule has 2 aromatic carbocycles. The van der Waals surface area contributed by atoms with Crippen molar-refractivity contribution < 1.29 is 23.1 Å². The molecule has 27 heavy (non-hydrogen) atoms. The molecule has 0 saturated carbocycles. The number of hydrogen-bond acceptors (Lipinski definition) is 2. The number of carboxylic acid groups (broad SMARTS) is 1. The van der Waals surface area contributed by atoms with E-state index in [1.54, 1.807) is 6.07 Å². The number of nitrogens with zero attached hydrogens (tertiary/aromatic N) is 2. The van der Waals surface area contributed by atoms with Crippen molar-refractivity contribution in [3.8, 4) is 11.1 Å². The topological polar surface area (TPSA) is 78.9 Å². The summed E-state index contributed by atoms with van der Waals surface area (Å²) in [6.45, 7) is 0. The first-order valence-corrected chi connectivity index (χ1v) is 7.88. The molecule has 9 heteroatoms. The molecule has 0 fully saturated rings. The molecule has 0 atom stereocenters. The second-order valence-electron chi connectivity index (χ2n) is 5.42. The number of aryl methyl sites for hydroxylation is 1. The third kappa shape index (κ3) is 5.24. The normalized spacial score (nSPS) is 10.9. The maximum Gasteiger partial charge on any atom is 0.436 e. The number of hydrogen-bond donors (Lipinski definition) is 1. The molecule has 0 amide bonds. The van der Waals surface area contributed by atoms with E-state index in [9.17, 15) is 18.0 Å². The zero-order chi connectivity index (χ0) is 20.2. The van der Waals surface area contributed by atoms with Crippen molar-refractivity contribution in [2.45, 2.75) is 6.18 Å². The van der Waals surface area contributed by atoms with Crippen LogP contribution in [0.15, 0.2) is 54.7 Å². The zero-order valence-electron chi connectivity index (χ0n) is 14.0. The molecule has 2 N–H and O–H groups in total. The predicted octanol–water partition coefficient (Wildman–Crippen LogP) is 5.83. The number of rotatable bonds is 2. The fourth-order valence-corrected chi connectivity index (χ4v) is 2.34. The van der Waals surface area contributed by atoms with Gasteiger partial charge < -0.3 is 10.8 Å². The van der Waals surface area contributed by atoms with Crippen molar-refractivity contribution in [1.29, 1.82) is 0 Å². The first-order chi connectivity index (χ1) is 12.6.